The molecular weight excluding hydrogens is 344 g/mol. The van der Waals surface area contributed by atoms with Gasteiger partial charge in [-0.15, -0.1) is 0 Å². The zero-order valence-corrected chi connectivity index (χ0v) is 12.4. The minimum Gasteiger partial charge on any atom is -0.325 e. The Labute approximate surface area is 120 Å². The molecule has 1 aliphatic rings. The Hall–Kier alpha value is -0.650. The number of hydrogen-bond donors (Lipinski definition) is 1. The third-order valence-electron chi connectivity index (χ3n) is 3.40. The van der Waals surface area contributed by atoms with Gasteiger partial charge in [0.1, 0.15) is 5.82 Å². The van der Waals surface area contributed by atoms with Crippen molar-refractivity contribution in [3.8, 4) is 0 Å². The summed E-state index contributed by atoms with van der Waals surface area (Å²) >= 11 is 2.04. The topological polar surface area (TPSA) is 29.1 Å². The minimum atomic E-state index is -0.273. The second kappa shape index (κ2) is 6.50. The zero-order chi connectivity index (χ0) is 13.0. The highest BCUT2D eigenvalue weighted by Crippen LogP contribution is 2.27. The van der Waals surface area contributed by atoms with Gasteiger partial charge in [-0.05, 0) is 59.5 Å². The first-order valence-corrected chi connectivity index (χ1v) is 7.48. The maximum absolute atomic E-state index is 12.9. The van der Waals surface area contributed by atoms with E-state index in [1.54, 1.807) is 6.07 Å². The molecule has 0 unspecified atom stereocenters. The van der Waals surface area contributed by atoms with Gasteiger partial charge in [0.15, 0.2) is 0 Å². The van der Waals surface area contributed by atoms with Crippen LogP contribution in [0.4, 0.5) is 10.1 Å². The number of nitrogens with one attached hydrogen (secondary N) is 1. The fraction of sp³-hybridized carbons (Fsp3) is 0.500. The fourth-order valence-corrected chi connectivity index (χ4v) is 3.06. The Balaban J connectivity index is 1.90. The average Bonchev–Trinajstić information content (AvgIpc) is 2.34. The Morgan fingerprint density at radius 2 is 2.06 bits per heavy atom. The van der Waals surface area contributed by atoms with Crippen molar-refractivity contribution in [2.24, 2.45) is 5.92 Å². The summed E-state index contributed by atoms with van der Waals surface area (Å²) < 4.78 is 13.7. The number of amides is 1. The first kappa shape index (κ1) is 13.8. The van der Waals surface area contributed by atoms with Crippen molar-refractivity contribution >= 4 is 34.2 Å². The van der Waals surface area contributed by atoms with Gasteiger partial charge in [-0.2, -0.15) is 0 Å². The summed E-state index contributed by atoms with van der Waals surface area (Å²) in [6.45, 7) is 0. The lowest BCUT2D eigenvalue weighted by Crippen LogP contribution is -2.18. The van der Waals surface area contributed by atoms with Gasteiger partial charge in [0.25, 0.3) is 0 Å². The molecule has 2 nitrogen and oxygen atoms in total. The molecule has 0 spiro atoms. The smallest absolute Gasteiger partial charge is 0.224 e. The van der Waals surface area contributed by atoms with E-state index in [1.807, 2.05) is 22.6 Å². The molecule has 1 amide bonds. The molecule has 0 radical (unpaired) electrons. The lowest BCUT2D eigenvalue weighted by molar-refractivity contribution is -0.117. The number of benzene rings is 1. The van der Waals surface area contributed by atoms with Crippen molar-refractivity contribution in [3.63, 3.8) is 0 Å². The molecule has 0 aromatic heterocycles. The molecule has 1 saturated carbocycles. The minimum absolute atomic E-state index is 0.0476. The molecule has 1 N–H and O–H groups in total. The van der Waals surface area contributed by atoms with Crippen LogP contribution in [0.15, 0.2) is 18.2 Å². The molecule has 0 heterocycles. The average molecular weight is 361 g/mol. The summed E-state index contributed by atoms with van der Waals surface area (Å²) in [5.74, 6) is 0.299. The zero-order valence-electron chi connectivity index (χ0n) is 10.2. The van der Waals surface area contributed by atoms with E-state index in [4.69, 9.17) is 0 Å². The van der Waals surface area contributed by atoms with Gasteiger partial charge in [0.2, 0.25) is 5.91 Å². The maximum atomic E-state index is 12.9. The lowest BCUT2D eigenvalue weighted by Gasteiger charge is -2.21. The van der Waals surface area contributed by atoms with Crippen molar-refractivity contribution in [2.75, 3.05) is 5.32 Å². The molecule has 0 aliphatic heterocycles. The van der Waals surface area contributed by atoms with Gasteiger partial charge in [-0.1, -0.05) is 19.3 Å². The Bertz CT molecular complexity index is 430. The number of carbonyl (C=O) groups is 1. The molecule has 0 atom stereocenters. The van der Waals surface area contributed by atoms with Gasteiger partial charge in [0, 0.05) is 9.99 Å². The monoisotopic (exact) mass is 361 g/mol. The van der Waals surface area contributed by atoms with Crippen LogP contribution >= 0.6 is 22.6 Å². The highest BCUT2D eigenvalue weighted by Gasteiger charge is 2.17. The largest absolute Gasteiger partial charge is 0.325 e. The van der Waals surface area contributed by atoms with Crippen molar-refractivity contribution in [3.05, 3.63) is 27.6 Å². The Morgan fingerprint density at radius 1 is 1.33 bits per heavy atom. The molecule has 0 saturated heterocycles. The van der Waals surface area contributed by atoms with Crippen LogP contribution in [0.1, 0.15) is 38.5 Å². The highest BCUT2D eigenvalue weighted by atomic mass is 127. The fourth-order valence-electron chi connectivity index (χ4n) is 2.45. The van der Waals surface area contributed by atoms with E-state index in [2.05, 4.69) is 5.32 Å². The lowest BCUT2D eigenvalue weighted by atomic mass is 9.87. The Kier molecular flexibility index (Phi) is 4.97. The van der Waals surface area contributed by atoms with Crippen LogP contribution in [-0.4, -0.2) is 5.91 Å². The van der Waals surface area contributed by atoms with Gasteiger partial charge in [-0.3, -0.25) is 4.79 Å². The quantitative estimate of drug-likeness (QED) is 0.798. The van der Waals surface area contributed by atoms with Gasteiger partial charge in [-0.25, -0.2) is 4.39 Å². The van der Waals surface area contributed by atoms with Gasteiger partial charge < -0.3 is 5.32 Å². The number of carbonyl (C=O) groups excluding carboxylic acids is 1. The van der Waals surface area contributed by atoms with E-state index in [0.29, 0.717) is 18.0 Å². The van der Waals surface area contributed by atoms with E-state index in [0.717, 1.165) is 16.4 Å². The molecule has 98 valence electrons. The number of rotatable bonds is 3. The standard InChI is InChI=1S/C14H17FINO/c15-11-6-7-13(12(16)9-11)17-14(18)8-10-4-2-1-3-5-10/h6-7,9-10H,1-5,8H2,(H,17,18). The van der Waals surface area contributed by atoms with E-state index < -0.39 is 0 Å². The predicted octanol–water partition coefficient (Wildman–Crippen LogP) is 4.34. The van der Waals surface area contributed by atoms with Crippen LogP contribution < -0.4 is 5.32 Å². The van der Waals surface area contributed by atoms with Crippen molar-refractivity contribution < 1.29 is 9.18 Å². The molecule has 2 rings (SSSR count). The van der Waals surface area contributed by atoms with E-state index in [-0.39, 0.29) is 11.7 Å². The number of hydrogen-bond acceptors (Lipinski definition) is 1. The number of anilines is 1. The van der Waals surface area contributed by atoms with Gasteiger partial charge in [0.05, 0.1) is 5.69 Å². The van der Waals surface area contributed by atoms with Gasteiger partial charge >= 0.3 is 0 Å². The van der Waals surface area contributed by atoms with Crippen LogP contribution in [0.25, 0.3) is 0 Å². The van der Waals surface area contributed by atoms with E-state index >= 15 is 0 Å². The van der Waals surface area contributed by atoms with Crippen LogP contribution in [0.2, 0.25) is 0 Å². The van der Waals surface area contributed by atoms with E-state index in [9.17, 15) is 9.18 Å². The molecular formula is C14H17FINO. The predicted molar refractivity (Wildman–Crippen MR) is 78.9 cm³/mol. The normalized spacial score (nSPS) is 16.6. The molecule has 0 bridgehead atoms. The molecule has 1 aromatic rings. The summed E-state index contributed by atoms with van der Waals surface area (Å²) in [5.41, 5.74) is 0.706. The van der Waals surface area contributed by atoms with Crippen LogP contribution in [0.5, 0.6) is 0 Å². The summed E-state index contributed by atoms with van der Waals surface area (Å²) in [7, 11) is 0. The van der Waals surface area contributed by atoms with E-state index in [1.165, 1.54) is 31.4 Å². The molecule has 1 fully saturated rings. The first-order chi connectivity index (χ1) is 8.65. The molecule has 1 aliphatic carbocycles. The summed E-state index contributed by atoms with van der Waals surface area (Å²) in [6, 6.07) is 4.42. The maximum Gasteiger partial charge on any atom is 0.224 e. The third kappa shape index (κ3) is 3.93. The summed E-state index contributed by atoms with van der Waals surface area (Å²) in [5, 5.41) is 2.87. The molecule has 1 aromatic carbocycles. The van der Waals surface area contributed by atoms with Crippen LogP contribution in [-0.2, 0) is 4.79 Å². The van der Waals surface area contributed by atoms with Crippen LogP contribution in [0.3, 0.4) is 0 Å². The Morgan fingerprint density at radius 3 is 2.72 bits per heavy atom. The van der Waals surface area contributed by atoms with Crippen molar-refractivity contribution in [2.45, 2.75) is 38.5 Å². The SMILES string of the molecule is O=C(CC1CCCCC1)Nc1ccc(F)cc1I. The first-order valence-electron chi connectivity index (χ1n) is 6.40. The summed E-state index contributed by atoms with van der Waals surface area (Å²) in [4.78, 5) is 11.9. The highest BCUT2D eigenvalue weighted by molar-refractivity contribution is 14.1. The van der Waals surface area contributed by atoms with Crippen molar-refractivity contribution in [1.82, 2.24) is 0 Å². The van der Waals surface area contributed by atoms with Crippen molar-refractivity contribution in [1.29, 1.82) is 0 Å². The second-order valence-corrected chi connectivity index (χ2v) is 6.04. The number of halogens is 2. The second-order valence-electron chi connectivity index (χ2n) is 4.88. The third-order valence-corrected chi connectivity index (χ3v) is 4.30. The summed E-state index contributed by atoms with van der Waals surface area (Å²) in [6.07, 6.45) is 6.70. The van der Waals surface area contributed by atoms with Crippen LogP contribution in [0, 0.1) is 15.3 Å². The molecule has 4 heteroatoms. The molecule has 18 heavy (non-hydrogen) atoms.